The van der Waals surface area contributed by atoms with Gasteiger partial charge in [0.15, 0.2) is 5.65 Å². The molecule has 0 aliphatic carbocycles. The summed E-state index contributed by atoms with van der Waals surface area (Å²) in [5, 5.41) is 13.0. The van der Waals surface area contributed by atoms with Crippen LogP contribution < -0.4 is 5.32 Å². The number of fused-ring (bicyclic) bond motifs is 1. The first-order valence-corrected chi connectivity index (χ1v) is 12.2. The van der Waals surface area contributed by atoms with Crippen LogP contribution in [0.2, 0.25) is 0 Å². The zero-order valence-corrected chi connectivity index (χ0v) is 20.5. The molecule has 0 amide bonds. The van der Waals surface area contributed by atoms with Crippen molar-refractivity contribution in [3.8, 4) is 28.6 Å². The molecule has 1 aliphatic heterocycles. The van der Waals surface area contributed by atoms with E-state index in [2.05, 4.69) is 71.9 Å². The van der Waals surface area contributed by atoms with E-state index in [0.717, 1.165) is 65.5 Å². The Morgan fingerprint density at radius 3 is 2.49 bits per heavy atom. The van der Waals surface area contributed by atoms with Gasteiger partial charge in [0, 0.05) is 36.6 Å². The monoisotopic (exact) mass is 462 g/mol. The Labute approximate surface area is 206 Å². The van der Waals surface area contributed by atoms with Crippen molar-refractivity contribution in [2.75, 3.05) is 20.1 Å². The second kappa shape index (κ2) is 9.73. The fourth-order valence-corrected chi connectivity index (χ4v) is 4.58. The zero-order chi connectivity index (χ0) is 24.4. The zero-order valence-electron chi connectivity index (χ0n) is 20.5. The molecule has 0 saturated carbocycles. The van der Waals surface area contributed by atoms with Crippen LogP contribution in [0.4, 0.5) is 0 Å². The molecule has 3 heterocycles. The van der Waals surface area contributed by atoms with Crippen molar-refractivity contribution in [2.24, 2.45) is 0 Å². The molecule has 1 fully saturated rings. The standard InChI is InChI=1S/C29H30N6/c1-4-5-6-25(32-24-18-34(3)19-24)27-29-31-15-16-35(29)28(23-11-7-20(2)8-12-23)26(33-27)22-13-9-21(17-30)10-14-22/h6-16,24,32H,4-5,18-19H2,1-3H3/b25-6+. The molecule has 5 rings (SSSR count). The number of nitrogens with one attached hydrogen (secondary N) is 1. The highest BCUT2D eigenvalue weighted by molar-refractivity contribution is 5.84. The second-order valence-corrected chi connectivity index (χ2v) is 9.30. The van der Waals surface area contributed by atoms with Crippen molar-refractivity contribution in [1.29, 1.82) is 5.26 Å². The highest BCUT2D eigenvalue weighted by atomic mass is 15.2. The summed E-state index contributed by atoms with van der Waals surface area (Å²) in [7, 11) is 2.14. The van der Waals surface area contributed by atoms with Crippen LogP contribution in [-0.4, -0.2) is 45.4 Å². The summed E-state index contributed by atoms with van der Waals surface area (Å²) >= 11 is 0. The minimum absolute atomic E-state index is 0.398. The molecule has 0 spiro atoms. The third kappa shape index (κ3) is 4.55. The van der Waals surface area contributed by atoms with Crippen LogP contribution in [-0.2, 0) is 0 Å². The number of imidazole rings is 1. The van der Waals surface area contributed by atoms with Gasteiger partial charge < -0.3 is 10.2 Å². The van der Waals surface area contributed by atoms with Gasteiger partial charge in [-0.1, -0.05) is 61.4 Å². The Kier molecular flexibility index (Phi) is 6.35. The molecule has 6 heteroatoms. The Balaban J connectivity index is 1.73. The summed E-state index contributed by atoms with van der Waals surface area (Å²) in [5.41, 5.74) is 8.46. The van der Waals surface area contributed by atoms with Crippen molar-refractivity contribution in [3.05, 3.63) is 83.8 Å². The van der Waals surface area contributed by atoms with Gasteiger partial charge in [0.1, 0.15) is 5.69 Å². The number of nitriles is 1. The van der Waals surface area contributed by atoms with Crippen molar-refractivity contribution < 1.29 is 0 Å². The van der Waals surface area contributed by atoms with Crippen LogP contribution >= 0.6 is 0 Å². The number of likely N-dealkylation sites (N-methyl/N-ethyl adjacent to an activating group) is 1. The molecule has 0 bridgehead atoms. The number of hydrogen-bond acceptors (Lipinski definition) is 5. The number of hydrogen-bond donors (Lipinski definition) is 1. The summed E-state index contributed by atoms with van der Waals surface area (Å²) < 4.78 is 2.15. The smallest absolute Gasteiger partial charge is 0.165 e. The van der Waals surface area contributed by atoms with Gasteiger partial charge in [-0.15, -0.1) is 0 Å². The molecule has 4 aromatic rings. The van der Waals surface area contributed by atoms with Gasteiger partial charge in [0.05, 0.1) is 34.8 Å². The fourth-order valence-electron chi connectivity index (χ4n) is 4.58. The quantitative estimate of drug-likeness (QED) is 0.404. The van der Waals surface area contributed by atoms with E-state index in [-0.39, 0.29) is 0 Å². The molecule has 1 N–H and O–H groups in total. The molecule has 0 unspecified atom stereocenters. The number of likely N-dealkylation sites (tertiary alicyclic amines) is 1. The van der Waals surface area contributed by atoms with E-state index in [1.54, 1.807) is 0 Å². The number of benzene rings is 2. The van der Waals surface area contributed by atoms with Gasteiger partial charge in [-0.3, -0.25) is 4.40 Å². The highest BCUT2D eigenvalue weighted by Gasteiger charge is 2.26. The number of nitrogens with zero attached hydrogens (tertiary/aromatic N) is 5. The second-order valence-electron chi connectivity index (χ2n) is 9.30. The molecule has 1 saturated heterocycles. The molecule has 6 nitrogen and oxygen atoms in total. The Bertz CT molecular complexity index is 1400. The molecule has 35 heavy (non-hydrogen) atoms. The molecular formula is C29H30N6. The first kappa shape index (κ1) is 22.8. The Morgan fingerprint density at radius 1 is 1.11 bits per heavy atom. The Hall–Kier alpha value is -3.95. The lowest BCUT2D eigenvalue weighted by molar-refractivity contribution is 0.176. The minimum Gasteiger partial charge on any atom is -0.378 e. The number of allylic oxidation sites excluding steroid dienone is 1. The minimum atomic E-state index is 0.398. The average Bonchev–Trinajstić information content (AvgIpc) is 3.35. The van der Waals surface area contributed by atoms with Gasteiger partial charge in [-0.25, -0.2) is 9.97 Å². The number of aryl methyl sites for hydroxylation is 1. The van der Waals surface area contributed by atoms with Crippen LogP contribution in [0.1, 0.15) is 36.6 Å². The van der Waals surface area contributed by atoms with Crippen LogP contribution in [0.3, 0.4) is 0 Å². The molecule has 2 aromatic heterocycles. The highest BCUT2D eigenvalue weighted by Crippen LogP contribution is 2.34. The molecule has 1 aliphatic rings. The largest absolute Gasteiger partial charge is 0.378 e. The molecule has 0 radical (unpaired) electrons. The summed E-state index contributed by atoms with van der Waals surface area (Å²) in [6.45, 7) is 6.30. The van der Waals surface area contributed by atoms with E-state index >= 15 is 0 Å². The van der Waals surface area contributed by atoms with Gasteiger partial charge in [-0.2, -0.15) is 5.26 Å². The summed E-state index contributed by atoms with van der Waals surface area (Å²) in [4.78, 5) is 12.3. The predicted octanol–water partition coefficient (Wildman–Crippen LogP) is 5.29. The van der Waals surface area contributed by atoms with Crippen molar-refractivity contribution >= 4 is 11.3 Å². The molecule has 2 aromatic carbocycles. The summed E-state index contributed by atoms with van der Waals surface area (Å²) in [6, 6.07) is 18.8. The van der Waals surface area contributed by atoms with Crippen molar-refractivity contribution in [3.63, 3.8) is 0 Å². The van der Waals surface area contributed by atoms with E-state index in [9.17, 15) is 5.26 Å². The summed E-state index contributed by atoms with van der Waals surface area (Å²) in [6.07, 6.45) is 8.13. The van der Waals surface area contributed by atoms with Crippen LogP contribution in [0, 0.1) is 18.3 Å². The summed E-state index contributed by atoms with van der Waals surface area (Å²) in [5.74, 6) is 0. The van der Waals surface area contributed by atoms with E-state index in [0.29, 0.717) is 11.6 Å². The van der Waals surface area contributed by atoms with Gasteiger partial charge in [-0.05, 0) is 32.5 Å². The Morgan fingerprint density at radius 2 is 1.83 bits per heavy atom. The maximum atomic E-state index is 9.30. The SMILES string of the molecule is CCC/C=C(/NC1CN(C)C1)c1nc(-c2ccc(C#N)cc2)c(-c2ccc(C)cc2)n2ccnc12. The molecular weight excluding hydrogens is 432 g/mol. The number of rotatable bonds is 7. The van der Waals surface area contributed by atoms with Gasteiger partial charge in [0.25, 0.3) is 0 Å². The lowest BCUT2D eigenvalue weighted by Gasteiger charge is -2.37. The molecule has 0 atom stereocenters. The first-order valence-electron chi connectivity index (χ1n) is 12.2. The third-order valence-electron chi connectivity index (χ3n) is 6.47. The van der Waals surface area contributed by atoms with Crippen molar-refractivity contribution in [2.45, 2.75) is 32.7 Å². The van der Waals surface area contributed by atoms with Gasteiger partial charge in [0.2, 0.25) is 0 Å². The lowest BCUT2D eigenvalue weighted by Crippen LogP contribution is -2.55. The number of unbranched alkanes of at least 4 members (excludes halogenated alkanes) is 1. The maximum absolute atomic E-state index is 9.30. The fraction of sp³-hybridized carbons (Fsp3) is 0.276. The molecule has 176 valence electrons. The van der Waals surface area contributed by atoms with Crippen LogP contribution in [0.5, 0.6) is 0 Å². The normalized spacial score (nSPS) is 14.6. The maximum Gasteiger partial charge on any atom is 0.165 e. The third-order valence-corrected chi connectivity index (χ3v) is 6.47. The van der Waals surface area contributed by atoms with E-state index in [4.69, 9.17) is 9.97 Å². The van der Waals surface area contributed by atoms with E-state index in [1.807, 2.05) is 36.7 Å². The first-order chi connectivity index (χ1) is 17.1. The predicted molar refractivity (Wildman–Crippen MR) is 141 cm³/mol. The van der Waals surface area contributed by atoms with Crippen LogP contribution in [0.25, 0.3) is 33.9 Å². The van der Waals surface area contributed by atoms with E-state index < -0.39 is 0 Å². The average molecular weight is 463 g/mol. The topological polar surface area (TPSA) is 69.2 Å². The van der Waals surface area contributed by atoms with E-state index in [1.165, 1.54) is 5.56 Å². The number of aromatic nitrogens is 3. The lowest BCUT2D eigenvalue weighted by atomic mass is 10.0. The van der Waals surface area contributed by atoms with Gasteiger partial charge >= 0.3 is 0 Å². The van der Waals surface area contributed by atoms with Crippen molar-refractivity contribution in [1.82, 2.24) is 24.6 Å². The van der Waals surface area contributed by atoms with Crippen LogP contribution in [0.15, 0.2) is 67.0 Å².